The number of thiophene rings is 1. The van der Waals surface area contributed by atoms with Gasteiger partial charge in [-0.15, -0.1) is 11.3 Å². The number of amides is 2. The molecule has 1 aromatic rings. The van der Waals surface area contributed by atoms with Crippen molar-refractivity contribution in [3.8, 4) is 0 Å². The predicted molar refractivity (Wildman–Crippen MR) is 93.3 cm³/mol. The predicted octanol–water partition coefficient (Wildman–Crippen LogP) is 2.94. The van der Waals surface area contributed by atoms with Crippen LogP contribution in [-0.4, -0.2) is 42.0 Å². The summed E-state index contributed by atoms with van der Waals surface area (Å²) in [6.45, 7) is 1.87. The summed E-state index contributed by atoms with van der Waals surface area (Å²) in [6, 6.07) is -0.710. The first-order valence-electron chi connectivity index (χ1n) is 8.74. The molecule has 2 aliphatic rings. The maximum absolute atomic E-state index is 13.0. The van der Waals surface area contributed by atoms with Gasteiger partial charge in [-0.1, -0.05) is 0 Å². The van der Waals surface area contributed by atoms with Crippen LogP contribution in [0.4, 0.5) is 18.2 Å². The fraction of sp³-hybridized carbons (Fsp3) is 0.647. The molecule has 3 N–H and O–H groups in total. The topological polar surface area (TPSA) is 75.4 Å². The first-order valence-corrected chi connectivity index (χ1v) is 9.56. The molecule has 26 heavy (non-hydrogen) atoms. The quantitative estimate of drug-likeness (QED) is 0.831. The second-order valence-corrected chi connectivity index (χ2v) is 8.07. The van der Waals surface area contributed by atoms with Gasteiger partial charge in [0.15, 0.2) is 0 Å². The van der Waals surface area contributed by atoms with Gasteiger partial charge in [-0.2, -0.15) is 13.2 Å². The van der Waals surface area contributed by atoms with Crippen molar-refractivity contribution in [2.45, 2.75) is 51.2 Å². The third-order valence-corrected chi connectivity index (χ3v) is 6.45. The maximum atomic E-state index is 13.0. The summed E-state index contributed by atoms with van der Waals surface area (Å²) in [6.07, 6.45) is -1.18. The standard InChI is InChI=1S/C17H22F3N3O2S/c1-9(23-7-3-4-10(8-23)17(18,19)20)15(25)22-16-13(14(21)24)11-5-2-6-12(11)26-16/h9-10H,2-8H2,1H3,(H2,21,24)(H,22,25)/t9-,10+/m0/s1. The molecule has 0 bridgehead atoms. The molecular formula is C17H22F3N3O2S. The van der Waals surface area contributed by atoms with E-state index < -0.39 is 30.0 Å². The molecular weight excluding hydrogens is 367 g/mol. The van der Waals surface area contributed by atoms with Crippen molar-refractivity contribution in [2.75, 3.05) is 18.4 Å². The average molecular weight is 389 g/mol. The Bertz CT molecular complexity index is 717. The molecule has 2 amide bonds. The number of halogens is 3. The summed E-state index contributed by atoms with van der Waals surface area (Å²) in [5.41, 5.74) is 6.73. The SMILES string of the molecule is C[C@@H](C(=O)Nc1sc2c(c1C(N)=O)CCC2)N1CCC[C@@H](C(F)(F)F)C1. The zero-order chi connectivity index (χ0) is 19.1. The van der Waals surface area contributed by atoms with Crippen LogP contribution in [0, 0.1) is 5.92 Å². The van der Waals surface area contributed by atoms with E-state index in [4.69, 9.17) is 5.73 Å². The minimum absolute atomic E-state index is 0.0950. The molecule has 3 rings (SSSR count). The Balaban J connectivity index is 1.71. The highest BCUT2D eigenvalue weighted by Gasteiger charge is 2.43. The Labute approximate surface area is 153 Å². The number of nitrogens with zero attached hydrogens (tertiary/aromatic N) is 1. The van der Waals surface area contributed by atoms with Gasteiger partial charge in [-0.3, -0.25) is 14.5 Å². The lowest BCUT2D eigenvalue weighted by molar-refractivity contribution is -0.188. The lowest BCUT2D eigenvalue weighted by Crippen LogP contribution is -2.49. The third-order valence-electron chi connectivity index (χ3n) is 5.25. The molecule has 5 nitrogen and oxygen atoms in total. The third kappa shape index (κ3) is 3.73. The second kappa shape index (κ2) is 7.19. The number of carbonyl (C=O) groups excluding carboxylic acids is 2. The number of anilines is 1. The van der Waals surface area contributed by atoms with Gasteiger partial charge in [-0.25, -0.2) is 0 Å². The monoisotopic (exact) mass is 389 g/mol. The zero-order valence-corrected chi connectivity index (χ0v) is 15.3. The molecule has 144 valence electrons. The normalized spacial score (nSPS) is 22.1. The Morgan fingerprint density at radius 2 is 2.04 bits per heavy atom. The van der Waals surface area contributed by atoms with Gasteiger partial charge < -0.3 is 11.1 Å². The van der Waals surface area contributed by atoms with Crippen LogP contribution in [0.5, 0.6) is 0 Å². The van der Waals surface area contributed by atoms with Gasteiger partial charge in [0, 0.05) is 11.4 Å². The summed E-state index contributed by atoms with van der Waals surface area (Å²) < 4.78 is 39.0. The van der Waals surface area contributed by atoms with Crippen molar-refractivity contribution in [1.29, 1.82) is 0 Å². The van der Waals surface area contributed by atoms with E-state index in [-0.39, 0.29) is 13.0 Å². The van der Waals surface area contributed by atoms with Crippen LogP contribution in [0.25, 0.3) is 0 Å². The number of carbonyl (C=O) groups is 2. The number of hydrogen-bond acceptors (Lipinski definition) is 4. The molecule has 1 aromatic heterocycles. The zero-order valence-electron chi connectivity index (χ0n) is 14.5. The van der Waals surface area contributed by atoms with E-state index in [0.717, 1.165) is 29.7 Å². The van der Waals surface area contributed by atoms with Crippen molar-refractivity contribution < 1.29 is 22.8 Å². The lowest BCUT2D eigenvalue weighted by atomic mass is 9.96. The molecule has 1 aliphatic carbocycles. The van der Waals surface area contributed by atoms with Crippen molar-refractivity contribution >= 4 is 28.2 Å². The fourth-order valence-corrected chi connectivity index (χ4v) is 5.06. The molecule has 2 heterocycles. The molecule has 0 unspecified atom stereocenters. The van der Waals surface area contributed by atoms with Crippen LogP contribution < -0.4 is 11.1 Å². The van der Waals surface area contributed by atoms with E-state index in [0.29, 0.717) is 23.5 Å². The Hall–Kier alpha value is -1.61. The largest absolute Gasteiger partial charge is 0.393 e. The van der Waals surface area contributed by atoms with Crippen LogP contribution in [0.3, 0.4) is 0 Å². The molecule has 9 heteroatoms. The number of nitrogens with two attached hydrogens (primary N) is 1. The number of rotatable bonds is 4. The number of nitrogens with one attached hydrogen (secondary N) is 1. The molecule has 1 saturated heterocycles. The Morgan fingerprint density at radius 1 is 1.31 bits per heavy atom. The van der Waals surface area contributed by atoms with Crippen molar-refractivity contribution in [3.63, 3.8) is 0 Å². The van der Waals surface area contributed by atoms with E-state index in [2.05, 4.69) is 5.32 Å². The van der Waals surface area contributed by atoms with Gasteiger partial charge in [0.25, 0.3) is 5.91 Å². The molecule has 2 atom stereocenters. The van der Waals surface area contributed by atoms with Crippen molar-refractivity contribution in [3.05, 3.63) is 16.0 Å². The summed E-state index contributed by atoms with van der Waals surface area (Å²) in [5, 5.41) is 3.15. The van der Waals surface area contributed by atoms with Crippen LogP contribution in [0.2, 0.25) is 0 Å². The van der Waals surface area contributed by atoms with E-state index in [1.807, 2.05) is 0 Å². The minimum Gasteiger partial charge on any atom is -0.365 e. The van der Waals surface area contributed by atoms with E-state index in [9.17, 15) is 22.8 Å². The highest BCUT2D eigenvalue weighted by molar-refractivity contribution is 7.17. The minimum atomic E-state index is -4.25. The summed E-state index contributed by atoms with van der Waals surface area (Å²) in [4.78, 5) is 27.0. The van der Waals surface area contributed by atoms with Crippen LogP contribution in [0.1, 0.15) is 47.0 Å². The molecule has 0 spiro atoms. The van der Waals surface area contributed by atoms with Crippen molar-refractivity contribution in [1.82, 2.24) is 4.90 Å². The van der Waals surface area contributed by atoms with E-state index in [1.165, 1.54) is 11.3 Å². The number of piperidine rings is 1. The molecule has 1 fully saturated rings. The van der Waals surface area contributed by atoms with Gasteiger partial charge in [0.2, 0.25) is 5.91 Å². The van der Waals surface area contributed by atoms with Gasteiger partial charge >= 0.3 is 6.18 Å². The first kappa shape index (κ1) is 19.2. The summed E-state index contributed by atoms with van der Waals surface area (Å²) in [7, 11) is 0. The van der Waals surface area contributed by atoms with Crippen LogP contribution >= 0.6 is 11.3 Å². The second-order valence-electron chi connectivity index (χ2n) is 6.97. The number of likely N-dealkylation sites (tertiary alicyclic amines) is 1. The molecule has 0 radical (unpaired) electrons. The lowest BCUT2D eigenvalue weighted by Gasteiger charge is -2.36. The Morgan fingerprint density at radius 3 is 2.69 bits per heavy atom. The van der Waals surface area contributed by atoms with Gasteiger partial charge in [0.1, 0.15) is 5.00 Å². The van der Waals surface area contributed by atoms with E-state index in [1.54, 1.807) is 11.8 Å². The average Bonchev–Trinajstić information content (AvgIpc) is 3.13. The van der Waals surface area contributed by atoms with Crippen LogP contribution in [-0.2, 0) is 17.6 Å². The maximum Gasteiger partial charge on any atom is 0.393 e. The smallest absolute Gasteiger partial charge is 0.365 e. The summed E-state index contributed by atoms with van der Waals surface area (Å²) in [5.74, 6) is -2.39. The van der Waals surface area contributed by atoms with E-state index >= 15 is 0 Å². The van der Waals surface area contributed by atoms with Gasteiger partial charge in [-0.05, 0) is 51.1 Å². The van der Waals surface area contributed by atoms with Crippen LogP contribution in [0.15, 0.2) is 0 Å². The highest BCUT2D eigenvalue weighted by atomic mass is 32.1. The van der Waals surface area contributed by atoms with Gasteiger partial charge in [0.05, 0.1) is 17.5 Å². The fourth-order valence-electron chi connectivity index (χ4n) is 3.76. The number of primary amides is 1. The number of aryl methyl sites for hydroxylation is 1. The summed E-state index contributed by atoms with van der Waals surface area (Å²) >= 11 is 1.34. The Kier molecular flexibility index (Phi) is 5.30. The molecule has 1 aliphatic heterocycles. The van der Waals surface area contributed by atoms with Crippen molar-refractivity contribution in [2.24, 2.45) is 11.7 Å². The molecule has 0 saturated carbocycles. The first-order chi connectivity index (χ1) is 12.2. The highest BCUT2D eigenvalue weighted by Crippen LogP contribution is 2.39. The number of alkyl halides is 3. The number of hydrogen-bond donors (Lipinski definition) is 2. The number of fused-ring (bicyclic) bond motifs is 1. The molecule has 0 aromatic carbocycles.